The average molecular weight is 476 g/mol. The highest BCUT2D eigenvalue weighted by atomic mass is 127. The molecule has 0 atom stereocenters. The maximum atomic E-state index is 9.45. The Balaban J connectivity index is 0.00000242. The molecule has 0 radical (unpaired) electrons. The lowest BCUT2D eigenvalue weighted by molar-refractivity contribution is 0.471. The van der Waals surface area contributed by atoms with Crippen molar-refractivity contribution in [1.29, 1.82) is 0 Å². The number of phenolic OH excluding ortho intramolecular Hbond substituents is 1. The summed E-state index contributed by atoms with van der Waals surface area (Å²) in [5, 5.41) is 12.5. The lowest BCUT2D eigenvalue weighted by atomic mass is 10.1. The van der Waals surface area contributed by atoms with Crippen LogP contribution in [0.15, 0.2) is 45.9 Å². The molecule has 0 saturated carbocycles. The van der Waals surface area contributed by atoms with Gasteiger partial charge in [0.05, 0.1) is 11.0 Å². The first-order valence-corrected chi connectivity index (χ1v) is 7.36. The summed E-state index contributed by atoms with van der Waals surface area (Å²) in [6.45, 7) is 4.53. The van der Waals surface area contributed by atoms with Crippen LogP contribution in [-0.2, 0) is 6.54 Å². The first kappa shape index (κ1) is 18.8. The molecule has 0 heterocycles. The molecule has 0 bridgehead atoms. The van der Waals surface area contributed by atoms with E-state index >= 15 is 0 Å². The van der Waals surface area contributed by atoms with E-state index in [9.17, 15) is 5.11 Å². The van der Waals surface area contributed by atoms with Crippen LogP contribution in [0.25, 0.3) is 0 Å². The van der Waals surface area contributed by atoms with E-state index in [1.54, 1.807) is 6.07 Å². The number of aliphatic imine (C=N–C) groups is 1. The summed E-state index contributed by atoms with van der Waals surface area (Å²) >= 11 is 3.28. The number of phenols is 1. The number of halogens is 2. The van der Waals surface area contributed by atoms with Gasteiger partial charge >= 0.3 is 0 Å². The topological polar surface area (TPSA) is 70.6 Å². The molecule has 2 aromatic carbocycles. The molecule has 0 aliphatic heterocycles. The molecule has 2 rings (SSSR count). The van der Waals surface area contributed by atoms with Crippen molar-refractivity contribution in [3.8, 4) is 5.75 Å². The molecular formula is C16H19BrIN3O. The van der Waals surface area contributed by atoms with Crippen molar-refractivity contribution < 1.29 is 5.11 Å². The molecule has 0 spiro atoms. The summed E-state index contributed by atoms with van der Waals surface area (Å²) < 4.78 is 0.649. The molecule has 0 aliphatic carbocycles. The van der Waals surface area contributed by atoms with E-state index in [4.69, 9.17) is 5.73 Å². The average Bonchev–Trinajstić information content (AvgIpc) is 2.39. The lowest BCUT2D eigenvalue weighted by Gasteiger charge is -2.08. The molecule has 6 heteroatoms. The summed E-state index contributed by atoms with van der Waals surface area (Å²) in [4.78, 5) is 4.30. The number of nitrogens with zero attached hydrogens (tertiary/aromatic N) is 1. The number of anilines is 1. The highest BCUT2D eigenvalue weighted by Crippen LogP contribution is 2.24. The molecule has 22 heavy (non-hydrogen) atoms. The molecular weight excluding hydrogens is 457 g/mol. The van der Waals surface area contributed by atoms with Gasteiger partial charge < -0.3 is 16.2 Å². The van der Waals surface area contributed by atoms with Crippen LogP contribution in [0.3, 0.4) is 0 Å². The molecule has 0 fully saturated rings. The number of hydrogen-bond acceptors (Lipinski definition) is 2. The zero-order valence-electron chi connectivity index (χ0n) is 12.4. The third kappa shape index (κ3) is 5.49. The summed E-state index contributed by atoms with van der Waals surface area (Å²) in [5.41, 5.74) is 10.1. The number of guanidine groups is 1. The number of hydrogen-bond donors (Lipinski definition) is 3. The Morgan fingerprint density at radius 3 is 2.41 bits per heavy atom. The highest BCUT2D eigenvalue weighted by molar-refractivity contribution is 14.0. The Bertz CT molecular complexity index is 669. The SMILES string of the molecule is Cc1cc(C)cc(NC(N)=NCc2ccc(O)c(Br)c2)c1.I. The predicted molar refractivity (Wildman–Crippen MR) is 106 cm³/mol. The van der Waals surface area contributed by atoms with Crippen LogP contribution in [0, 0.1) is 13.8 Å². The molecule has 0 aromatic heterocycles. The van der Waals surface area contributed by atoms with Crippen molar-refractivity contribution in [2.75, 3.05) is 5.32 Å². The maximum Gasteiger partial charge on any atom is 0.193 e. The van der Waals surface area contributed by atoms with E-state index in [1.165, 1.54) is 11.1 Å². The standard InChI is InChI=1S/C16H18BrN3O.HI/c1-10-5-11(2)7-13(6-10)20-16(18)19-9-12-3-4-15(21)14(17)8-12;/h3-8,21H,9H2,1-2H3,(H3,18,19,20);1H. The Labute approximate surface area is 156 Å². The number of aryl methyl sites for hydroxylation is 2. The first-order valence-electron chi connectivity index (χ1n) is 6.56. The second kappa shape index (κ2) is 8.38. The first-order chi connectivity index (χ1) is 9.94. The zero-order chi connectivity index (χ0) is 15.4. The zero-order valence-corrected chi connectivity index (χ0v) is 16.3. The van der Waals surface area contributed by atoms with Crippen LogP contribution in [0.2, 0.25) is 0 Å². The molecule has 0 amide bonds. The van der Waals surface area contributed by atoms with E-state index in [-0.39, 0.29) is 29.7 Å². The fraction of sp³-hybridized carbons (Fsp3) is 0.188. The molecule has 0 saturated heterocycles. The fourth-order valence-electron chi connectivity index (χ4n) is 2.06. The van der Waals surface area contributed by atoms with Gasteiger partial charge in [0, 0.05) is 5.69 Å². The third-order valence-electron chi connectivity index (χ3n) is 2.94. The van der Waals surface area contributed by atoms with Crippen molar-refractivity contribution >= 4 is 51.6 Å². The minimum Gasteiger partial charge on any atom is -0.507 e. The van der Waals surface area contributed by atoms with Crippen LogP contribution in [0.1, 0.15) is 16.7 Å². The summed E-state index contributed by atoms with van der Waals surface area (Å²) in [5.74, 6) is 0.577. The minimum atomic E-state index is 0. The Morgan fingerprint density at radius 1 is 1.18 bits per heavy atom. The van der Waals surface area contributed by atoms with Gasteiger partial charge in [0.2, 0.25) is 0 Å². The molecule has 0 unspecified atom stereocenters. The Morgan fingerprint density at radius 2 is 1.82 bits per heavy atom. The third-order valence-corrected chi connectivity index (χ3v) is 3.57. The second-order valence-electron chi connectivity index (χ2n) is 4.99. The Hall–Kier alpha value is -1.28. The van der Waals surface area contributed by atoms with Crippen molar-refractivity contribution in [3.63, 3.8) is 0 Å². The van der Waals surface area contributed by atoms with Gasteiger partial charge in [-0.2, -0.15) is 0 Å². The van der Waals surface area contributed by atoms with Crippen LogP contribution in [0.5, 0.6) is 5.75 Å². The number of nitrogens with one attached hydrogen (secondary N) is 1. The summed E-state index contributed by atoms with van der Waals surface area (Å²) in [7, 11) is 0. The fourth-order valence-corrected chi connectivity index (χ4v) is 2.49. The highest BCUT2D eigenvalue weighted by Gasteiger charge is 2.01. The number of aromatic hydroxyl groups is 1. The van der Waals surface area contributed by atoms with Crippen molar-refractivity contribution in [2.45, 2.75) is 20.4 Å². The van der Waals surface area contributed by atoms with E-state index in [0.29, 0.717) is 17.0 Å². The number of benzene rings is 2. The number of nitrogens with two attached hydrogens (primary N) is 1. The van der Waals surface area contributed by atoms with Gasteiger partial charge in [-0.25, -0.2) is 4.99 Å². The van der Waals surface area contributed by atoms with Crippen molar-refractivity contribution in [3.05, 3.63) is 57.6 Å². The molecule has 4 nitrogen and oxygen atoms in total. The lowest BCUT2D eigenvalue weighted by Crippen LogP contribution is -2.22. The van der Waals surface area contributed by atoms with Gasteiger partial charge in [-0.05, 0) is 70.7 Å². The normalized spacial score (nSPS) is 11.0. The summed E-state index contributed by atoms with van der Waals surface area (Å²) in [6, 6.07) is 11.4. The van der Waals surface area contributed by atoms with Gasteiger partial charge in [-0.1, -0.05) is 12.1 Å². The predicted octanol–water partition coefficient (Wildman–Crippen LogP) is 4.32. The van der Waals surface area contributed by atoms with Gasteiger partial charge in [-0.3, -0.25) is 0 Å². The van der Waals surface area contributed by atoms with Crippen LogP contribution in [-0.4, -0.2) is 11.1 Å². The molecule has 4 N–H and O–H groups in total. The molecule has 2 aromatic rings. The van der Waals surface area contributed by atoms with Gasteiger partial charge in [-0.15, -0.1) is 24.0 Å². The van der Waals surface area contributed by atoms with Gasteiger partial charge in [0.25, 0.3) is 0 Å². The Kier molecular flexibility index (Phi) is 7.15. The van der Waals surface area contributed by atoms with E-state index in [0.717, 1.165) is 11.3 Å². The van der Waals surface area contributed by atoms with Crippen LogP contribution in [0.4, 0.5) is 5.69 Å². The maximum absolute atomic E-state index is 9.45. The van der Waals surface area contributed by atoms with Crippen molar-refractivity contribution in [1.82, 2.24) is 0 Å². The van der Waals surface area contributed by atoms with Crippen LogP contribution >= 0.6 is 39.9 Å². The van der Waals surface area contributed by atoms with E-state index in [2.05, 4.69) is 32.3 Å². The van der Waals surface area contributed by atoms with Gasteiger partial charge in [0.15, 0.2) is 5.96 Å². The summed E-state index contributed by atoms with van der Waals surface area (Å²) in [6.07, 6.45) is 0. The second-order valence-corrected chi connectivity index (χ2v) is 5.84. The van der Waals surface area contributed by atoms with Gasteiger partial charge in [0.1, 0.15) is 5.75 Å². The van der Waals surface area contributed by atoms with E-state index < -0.39 is 0 Å². The smallest absolute Gasteiger partial charge is 0.193 e. The van der Waals surface area contributed by atoms with Crippen LogP contribution < -0.4 is 11.1 Å². The minimum absolute atomic E-state index is 0. The quantitative estimate of drug-likeness (QED) is 0.351. The molecule has 118 valence electrons. The monoisotopic (exact) mass is 475 g/mol. The largest absolute Gasteiger partial charge is 0.507 e. The van der Waals surface area contributed by atoms with Crippen molar-refractivity contribution in [2.24, 2.45) is 10.7 Å². The van der Waals surface area contributed by atoms with E-state index in [1.807, 2.05) is 38.1 Å². The molecule has 0 aliphatic rings. The number of rotatable bonds is 3.